The van der Waals surface area contributed by atoms with E-state index >= 15 is 0 Å². The normalized spacial score (nSPS) is 10.6. The van der Waals surface area contributed by atoms with Gasteiger partial charge in [0.25, 0.3) is 5.91 Å². The molecular formula is C21H22N4OS. The van der Waals surface area contributed by atoms with Gasteiger partial charge in [-0.2, -0.15) is 0 Å². The average Bonchev–Trinajstić information content (AvgIpc) is 2.69. The molecule has 0 saturated carbocycles. The summed E-state index contributed by atoms with van der Waals surface area (Å²) >= 11 is 5.26. The molecule has 0 atom stereocenters. The highest BCUT2D eigenvalue weighted by Gasteiger charge is 2.09. The van der Waals surface area contributed by atoms with Gasteiger partial charge in [-0.3, -0.25) is 20.1 Å². The van der Waals surface area contributed by atoms with E-state index in [2.05, 4.69) is 39.7 Å². The lowest BCUT2D eigenvalue weighted by molar-refractivity contribution is 0.0978. The van der Waals surface area contributed by atoms with Gasteiger partial charge in [0.05, 0.1) is 11.0 Å². The zero-order chi connectivity index (χ0) is 19.1. The molecule has 6 heteroatoms. The molecule has 0 bridgehead atoms. The molecule has 5 nitrogen and oxygen atoms in total. The van der Waals surface area contributed by atoms with Gasteiger partial charge < -0.3 is 5.32 Å². The molecule has 0 radical (unpaired) electrons. The van der Waals surface area contributed by atoms with Crippen LogP contribution in [0.25, 0.3) is 11.0 Å². The third-order valence-electron chi connectivity index (χ3n) is 4.24. The van der Waals surface area contributed by atoms with E-state index in [1.165, 1.54) is 24.8 Å². The number of unbranched alkanes of at least 4 members (excludes halogenated alkanes) is 2. The molecule has 0 fully saturated rings. The van der Waals surface area contributed by atoms with Crippen LogP contribution in [0.2, 0.25) is 0 Å². The number of anilines is 1. The molecule has 1 aromatic heterocycles. The summed E-state index contributed by atoms with van der Waals surface area (Å²) in [6.45, 7) is 2.20. The number of nitrogens with zero attached hydrogens (tertiary/aromatic N) is 2. The second-order valence-electron chi connectivity index (χ2n) is 6.32. The Kier molecular flexibility index (Phi) is 6.44. The molecule has 0 spiro atoms. The first-order valence-corrected chi connectivity index (χ1v) is 9.48. The van der Waals surface area contributed by atoms with Crippen LogP contribution in [0.15, 0.2) is 54.9 Å². The zero-order valence-corrected chi connectivity index (χ0v) is 16.1. The van der Waals surface area contributed by atoms with Crippen molar-refractivity contribution < 1.29 is 4.79 Å². The molecule has 2 aromatic carbocycles. The summed E-state index contributed by atoms with van der Waals surface area (Å²) in [5.74, 6) is -0.281. The third kappa shape index (κ3) is 5.31. The minimum absolute atomic E-state index is 0.262. The smallest absolute Gasteiger partial charge is 0.257 e. The number of hydrogen-bond acceptors (Lipinski definition) is 4. The lowest BCUT2D eigenvalue weighted by atomic mass is 10.1. The molecule has 1 amide bonds. The summed E-state index contributed by atoms with van der Waals surface area (Å²) in [4.78, 5) is 20.8. The predicted octanol–water partition coefficient (Wildman–Crippen LogP) is 4.49. The zero-order valence-electron chi connectivity index (χ0n) is 15.2. The lowest BCUT2D eigenvalue weighted by Crippen LogP contribution is -2.34. The van der Waals surface area contributed by atoms with E-state index in [4.69, 9.17) is 12.2 Å². The van der Waals surface area contributed by atoms with Crippen LogP contribution < -0.4 is 10.6 Å². The molecule has 0 aliphatic rings. The maximum Gasteiger partial charge on any atom is 0.257 e. The minimum Gasteiger partial charge on any atom is -0.332 e. The monoisotopic (exact) mass is 378 g/mol. The second kappa shape index (κ2) is 9.19. The van der Waals surface area contributed by atoms with E-state index in [0.717, 1.165) is 17.6 Å². The first-order chi connectivity index (χ1) is 13.2. The highest BCUT2D eigenvalue weighted by atomic mass is 32.1. The van der Waals surface area contributed by atoms with Gasteiger partial charge >= 0.3 is 0 Å². The number of hydrogen-bond donors (Lipinski definition) is 2. The minimum atomic E-state index is -0.281. The third-order valence-corrected chi connectivity index (χ3v) is 4.44. The molecule has 0 unspecified atom stereocenters. The molecule has 3 aromatic rings. The molecule has 0 aliphatic carbocycles. The van der Waals surface area contributed by atoms with Crippen molar-refractivity contribution in [3.63, 3.8) is 0 Å². The number of amides is 1. The Balaban J connectivity index is 1.57. The molecule has 0 aliphatic heterocycles. The van der Waals surface area contributed by atoms with Crippen molar-refractivity contribution in [2.24, 2.45) is 0 Å². The first-order valence-electron chi connectivity index (χ1n) is 9.08. The number of carbonyl (C=O) groups is 1. The Hall–Kier alpha value is -2.86. The van der Waals surface area contributed by atoms with E-state index in [0.29, 0.717) is 11.1 Å². The largest absolute Gasteiger partial charge is 0.332 e. The van der Waals surface area contributed by atoms with Gasteiger partial charge in [0.15, 0.2) is 5.11 Å². The number of nitrogens with one attached hydrogen (secondary N) is 2. The average molecular weight is 379 g/mol. The standard InChI is InChI=1S/C21H22N4OS/c1-2-3-4-5-15-6-9-17(10-7-15)24-21(27)25-20(26)16-8-11-18-19(14-16)23-13-12-22-18/h6-14H,2-5H2,1H3,(H2,24,25,26,27). The Morgan fingerprint density at radius 2 is 1.74 bits per heavy atom. The van der Waals surface area contributed by atoms with Gasteiger partial charge in [-0.1, -0.05) is 31.9 Å². The number of benzene rings is 2. The van der Waals surface area contributed by atoms with E-state index in [1.807, 2.05) is 12.1 Å². The summed E-state index contributed by atoms with van der Waals surface area (Å²) in [6.07, 6.45) is 7.97. The molecule has 138 valence electrons. The van der Waals surface area contributed by atoms with Crippen LogP contribution in [0.5, 0.6) is 0 Å². The van der Waals surface area contributed by atoms with Crippen molar-refractivity contribution in [1.82, 2.24) is 15.3 Å². The van der Waals surface area contributed by atoms with Crippen LogP contribution in [0.3, 0.4) is 0 Å². The SMILES string of the molecule is CCCCCc1ccc(NC(=S)NC(=O)c2ccc3nccnc3c2)cc1. The summed E-state index contributed by atoms with van der Waals surface area (Å²) in [7, 11) is 0. The van der Waals surface area contributed by atoms with Crippen molar-refractivity contribution in [3.8, 4) is 0 Å². The summed E-state index contributed by atoms with van der Waals surface area (Å²) < 4.78 is 0. The Bertz CT molecular complexity index is 940. The molecular weight excluding hydrogens is 356 g/mol. The van der Waals surface area contributed by atoms with Gasteiger partial charge in [-0.05, 0) is 61.0 Å². The topological polar surface area (TPSA) is 66.9 Å². The predicted molar refractivity (Wildman–Crippen MR) is 113 cm³/mol. The lowest BCUT2D eigenvalue weighted by Gasteiger charge is -2.10. The van der Waals surface area contributed by atoms with Gasteiger partial charge in [0.2, 0.25) is 0 Å². The number of rotatable bonds is 6. The van der Waals surface area contributed by atoms with Crippen LogP contribution in [-0.2, 0) is 6.42 Å². The molecule has 2 N–H and O–H groups in total. The summed E-state index contributed by atoms with van der Waals surface area (Å²) in [5.41, 5.74) is 4.06. The Morgan fingerprint density at radius 3 is 2.48 bits per heavy atom. The maximum absolute atomic E-state index is 12.4. The van der Waals surface area contributed by atoms with E-state index in [9.17, 15) is 4.79 Å². The van der Waals surface area contributed by atoms with Crippen LogP contribution in [0.1, 0.15) is 42.1 Å². The Labute approximate surface area is 164 Å². The van der Waals surface area contributed by atoms with Gasteiger partial charge in [-0.15, -0.1) is 0 Å². The molecule has 1 heterocycles. The molecule has 27 heavy (non-hydrogen) atoms. The highest BCUT2D eigenvalue weighted by Crippen LogP contribution is 2.13. The van der Waals surface area contributed by atoms with Gasteiger partial charge in [0, 0.05) is 23.6 Å². The highest BCUT2D eigenvalue weighted by molar-refractivity contribution is 7.80. The number of aromatic nitrogens is 2. The first kappa shape index (κ1) is 18.9. The van der Waals surface area contributed by atoms with Crippen LogP contribution in [0.4, 0.5) is 5.69 Å². The number of carbonyl (C=O) groups excluding carboxylic acids is 1. The Morgan fingerprint density at radius 1 is 1.00 bits per heavy atom. The van der Waals surface area contributed by atoms with Crippen molar-refractivity contribution in [2.45, 2.75) is 32.6 Å². The van der Waals surface area contributed by atoms with E-state index in [-0.39, 0.29) is 11.0 Å². The molecule has 0 saturated heterocycles. The summed E-state index contributed by atoms with van der Waals surface area (Å²) in [6, 6.07) is 13.3. The summed E-state index contributed by atoms with van der Waals surface area (Å²) in [5, 5.41) is 6.01. The van der Waals surface area contributed by atoms with Crippen molar-refractivity contribution >= 4 is 40.0 Å². The fraction of sp³-hybridized carbons (Fsp3) is 0.238. The quantitative estimate of drug-likeness (QED) is 0.489. The van der Waals surface area contributed by atoms with E-state index < -0.39 is 0 Å². The fourth-order valence-corrected chi connectivity index (χ4v) is 2.99. The fourth-order valence-electron chi connectivity index (χ4n) is 2.78. The van der Waals surface area contributed by atoms with Crippen molar-refractivity contribution in [3.05, 3.63) is 66.0 Å². The van der Waals surface area contributed by atoms with Gasteiger partial charge in [0.1, 0.15) is 0 Å². The van der Waals surface area contributed by atoms with Crippen LogP contribution >= 0.6 is 12.2 Å². The van der Waals surface area contributed by atoms with Crippen LogP contribution in [0, 0.1) is 0 Å². The van der Waals surface area contributed by atoms with Crippen LogP contribution in [-0.4, -0.2) is 21.0 Å². The van der Waals surface area contributed by atoms with Crippen molar-refractivity contribution in [1.29, 1.82) is 0 Å². The molecule has 3 rings (SSSR count). The van der Waals surface area contributed by atoms with Crippen molar-refractivity contribution in [2.75, 3.05) is 5.32 Å². The number of fused-ring (bicyclic) bond motifs is 1. The number of thiocarbonyl (C=S) groups is 1. The maximum atomic E-state index is 12.4. The van der Waals surface area contributed by atoms with E-state index in [1.54, 1.807) is 30.6 Å². The number of aryl methyl sites for hydroxylation is 1. The van der Waals surface area contributed by atoms with Gasteiger partial charge in [-0.25, -0.2) is 0 Å². The second-order valence-corrected chi connectivity index (χ2v) is 6.73.